The second-order valence-corrected chi connectivity index (χ2v) is 7.47. The van der Waals surface area contributed by atoms with Crippen LogP contribution in [0.3, 0.4) is 0 Å². The highest BCUT2D eigenvalue weighted by Gasteiger charge is 2.13. The van der Waals surface area contributed by atoms with E-state index in [0.29, 0.717) is 29.2 Å². The molecule has 0 bridgehead atoms. The zero-order chi connectivity index (χ0) is 17.6. The van der Waals surface area contributed by atoms with Crippen molar-refractivity contribution in [3.8, 4) is 0 Å². The number of unbranched alkanes of at least 4 members (excludes halogenated alkanes) is 1. The summed E-state index contributed by atoms with van der Waals surface area (Å²) in [4.78, 5) is 28.1. The molecule has 0 aliphatic carbocycles. The highest BCUT2D eigenvalue weighted by Crippen LogP contribution is 2.24. The van der Waals surface area contributed by atoms with Gasteiger partial charge in [0, 0.05) is 18.7 Å². The largest absolute Gasteiger partial charge is 0.481 e. The predicted molar refractivity (Wildman–Crippen MR) is 101 cm³/mol. The van der Waals surface area contributed by atoms with Crippen LogP contribution in [0.5, 0.6) is 0 Å². The van der Waals surface area contributed by atoms with Crippen LogP contribution in [0.4, 0.5) is 0 Å². The van der Waals surface area contributed by atoms with Crippen molar-refractivity contribution >= 4 is 39.3 Å². The number of rotatable bonds is 8. The Morgan fingerprint density at radius 2 is 2.00 bits per heavy atom. The van der Waals surface area contributed by atoms with Gasteiger partial charge in [0.05, 0.1) is 5.52 Å². The molecule has 0 spiro atoms. The van der Waals surface area contributed by atoms with Crippen LogP contribution in [0, 0.1) is 0 Å². The Kier molecular flexibility index (Phi) is 5.88. The fourth-order valence-electron chi connectivity index (χ4n) is 2.50. The van der Waals surface area contributed by atoms with Crippen LogP contribution in [-0.2, 0) is 17.1 Å². The molecule has 0 aliphatic rings. The maximum atomic E-state index is 12.8. The molecule has 7 heteroatoms. The standard InChI is InChI=1S/C18H18N2O3S2/c21-15(22)8-4-5-10-20-17(23)16-14(9-11-24-16)19-18(20)25-12-13-6-2-1-3-7-13/h1-3,6-7,9,11H,4-5,8,10,12H2,(H,21,22). The Labute approximate surface area is 153 Å². The number of fused-ring (bicyclic) bond motifs is 1. The number of carboxylic acids is 1. The number of hydrogen-bond donors (Lipinski definition) is 1. The van der Waals surface area contributed by atoms with Crippen molar-refractivity contribution in [3.05, 3.63) is 57.7 Å². The lowest BCUT2D eigenvalue weighted by Crippen LogP contribution is -2.22. The number of benzene rings is 1. The predicted octanol–water partition coefficient (Wildman–Crippen LogP) is 4.01. The summed E-state index contributed by atoms with van der Waals surface area (Å²) >= 11 is 2.93. The van der Waals surface area contributed by atoms with Crippen molar-refractivity contribution in [3.63, 3.8) is 0 Å². The minimum absolute atomic E-state index is 0.0362. The van der Waals surface area contributed by atoms with E-state index in [1.807, 2.05) is 41.8 Å². The quantitative estimate of drug-likeness (QED) is 0.366. The van der Waals surface area contributed by atoms with Crippen molar-refractivity contribution in [2.24, 2.45) is 0 Å². The Balaban J connectivity index is 1.82. The summed E-state index contributed by atoms with van der Waals surface area (Å²) < 4.78 is 2.34. The fourth-order valence-corrected chi connectivity index (χ4v) is 4.26. The number of carboxylic acid groups (broad SMARTS) is 1. The van der Waals surface area contributed by atoms with Gasteiger partial charge in [-0.25, -0.2) is 4.98 Å². The van der Waals surface area contributed by atoms with Gasteiger partial charge < -0.3 is 5.11 Å². The molecule has 0 unspecified atom stereocenters. The van der Waals surface area contributed by atoms with Crippen molar-refractivity contribution in [1.82, 2.24) is 9.55 Å². The summed E-state index contributed by atoms with van der Waals surface area (Å²) in [6.07, 6.45) is 1.31. The zero-order valence-corrected chi connectivity index (χ0v) is 15.2. The van der Waals surface area contributed by atoms with E-state index < -0.39 is 5.97 Å². The summed E-state index contributed by atoms with van der Waals surface area (Å²) in [6.45, 7) is 0.490. The lowest BCUT2D eigenvalue weighted by atomic mass is 10.2. The highest BCUT2D eigenvalue weighted by molar-refractivity contribution is 7.98. The summed E-state index contributed by atoms with van der Waals surface area (Å²) in [5.41, 5.74) is 1.86. The molecule has 2 aromatic heterocycles. The van der Waals surface area contributed by atoms with E-state index in [4.69, 9.17) is 5.11 Å². The minimum atomic E-state index is -0.808. The number of aromatic nitrogens is 2. The average molecular weight is 374 g/mol. The van der Waals surface area contributed by atoms with E-state index in [1.54, 1.807) is 4.57 Å². The zero-order valence-electron chi connectivity index (χ0n) is 13.6. The molecule has 1 N–H and O–H groups in total. The fraction of sp³-hybridized carbons (Fsp3) is 0.278. The van der Waals surface area contributed by atoms with Gasteiger partial charge in [-0.05, 0) is 29.9 Å². The monoisotopic (exact) mass is 374 g/mol. The van der Waals surface area contributed by atoms with Crippen molar-refractivity contribution in [2.45, 2.75) is 36.7 Å². The number of carbonyl (C=O) groups is 1. The number of aliphatic carboxylic acids is 1. The Morgan fingerprint density at radius 1 is 1.20 bits per heavy atom. The molecule has 3 rings (SSSR count). The molecule has 0 aliphatic heterocycles. The van der Waals surface area contributed by atoms with E-state index in [-0.39, 0.29) is 12.0 Å². The lowest BCUT2D eigenvalue weighted by molar-refractivity contribution is -0.137. The van der Waals surface area contributed by atoms with Crippen LogP contribution in [-0.4, -0.2) is 20.6 Å². The van der Waals surface area contributed by atoms with Gasteiger partial charge in [-0.1, -0.05) is 42.1 Å². The van der Waals surface area contributed by atoms with Crippen molar-refractivity contribution in [2.75, 3.05) is 0 Å². The molecule has 3 aromatic rings. The molecule has 0 radical (unpaired) electrons. The SMILES string of the molecule is O=C(O)CCCCn1c(SCc2ccccc2)nc2ccsc2c1=O. The van der Waals surface area contributed by atoms with E-state index in [1.165, 1.54) is 28.7 Å². The Morgan fingerprint density at radius 3 is 2.76 bits per heavy atom. The second kappa shape index (κ2) is 8.31. The maximum absolute atomic E-state index is 12.8. The van der Waals surface area contributed by atoms with Crippen LogP contribution in [0.1, 0.15) is 24.8 Å². The summed E-state index contributed by atoms with van der Waals surface area (Å²) in [6, 6.07) is 11.9. The highest BCUT2D eigenvalue weighted by atomic mass is 32.2. The summed E-state index contributed by atoms with van der Waals surface area (Å²) in [5, 5.41) is 11.3. The van der Waals surface area contributed by atoms with E-state index in [2.05, 4.69) is 4.98 Å². The molecule has 130 valence electrons. The first-order valence-corrected chi connectivity index (χ1v) is 9.88. The molecule has 5 nitrogen and oxygen atoms in total. The average Bonchev–Trinajstić information content (AvgIpc) is 3.08. The minimum Gasteiger partial charge on any atom is -0.481 e. The van der Waals surface area contributed by atoms with Gasteiger partial charge in [0.25, 0.3) is 5.56 Å². The molecule has 0 fully saturated rings. The third-order valence-electron chi connectivity index (χ3n) is 3.76. The lowest BCUT2D eigenvalue weighted by Gasteiger charge is -2.11. The van der Waals surface area contributed by atoms with Gasteiger partial charge in [-0.3, -0.25) is 14.2 Å². The first-order chi connectivity index (χ1) is 12.1. The molecule has 25 heavy (non-hydrogen) atoms. The number of hydrogen-bond acceptors (Lipinski definition) is 5. The third-order valence-corrected chi connectivity index (χ3v) is 5.70. The molecule has 0 saturated carbocycles. The van der Waals surface area contributed by atoms with Gasteiger partial charge in [0.1, 0.15) is 4.70 Å². The summed E-state index contributed by atoms with van der Waals surface area (Å²) in [7, 11) is 0. The van der Waals surface area contributed by atoms with Gasteiger partial charge >= 0.3 is 5.97 Å². The number of thiophene rings is 1. The molecule has 2 heterocycles. The third kappa shape index (κ3) is 4.49. The van der Waals surface area contributed by atoms with Gasteiger partial charge in [-0.2, -0.15) is 0 Å². The smallest absolute Gasteiger partial charge is 0.303 e. The van der Waals surface area contributed by atoms with Crippen LogP contribution in [0.15, 0.2) is 51.7 Å². The van der Waals surface area contributed by atoms with Gasteiger partial charge in [0.15, 0.2) is 5.16 Å². The van der Waals surface area contributed by atoms with Crippen LogP contribution >= 0.6 is 23.1 Å². The molecule has 0 amide bonds. The van der Waals surface area contributed by atoms with Crippen molar-refractivity contribution < 1.29 is 9.90 Å². The molecule has 0 saturated heterocycles. The number of nitrogens with zero attached hydrogens (tertiary/aromatic N) is 2. The van der Waals surface area contributed by atoms with Gasteiger partial charge in [-0.15, -0.1) is 11.3 Å². The Hall–Kier alpha value is -2.12. The molecule has 1 aromatic carbocycles. The summed E-state index contributed by atoms with van der Waals surface area (Å²) in [5.74, 6) is -0.0734. The second-order valence-electron chi connectivity index (χ2n) is 5.61. The molecular weight excluding hydrogens is 356 g/mol. The van der Waals surface area contributed by atoms with Crippen LogP contribution in [0.25, 0.3) is 10.2 Å². The number of thioether (sulfide) groups is 1. The normalized spacial score (nSPS) is 11.0. The molecular formula is C18H18N2O3S2. The first-order valence-electron chi connectivity index (χ1n) is 8.01. The Bertz CT molecular complexity index is 919. The van der Waals surface area contributed by atoms with Crippen LogP contribution in [0.2, 0.25) is 0 Å². The van der Waals surface area contributed by atoms with Gasteiger partial charge in [0.2, 0.25) is 0 Å². The van der Waals surface area contributed by atoms with E-state index in [0.717, 1.165) is 11.3 Å². The van der Waals surface area contributed by atoms with E-state index >= 15 is 0 Å². The van der Waals surface area contributed by atoms with Crippen molar-refractivity contribution in [1.29, 1.82) is 0 Å². The van der Waals surface area contributed by atoms with Crippen LogP contribution < -0.4 is 5.56 Å². The maximum Gasteiger partial charge on any atom is 0.303 e. The molecule has 0 atom stereocenters. The topological polar surface area (TPSA) is 72.2 Å². The van der Waals surface area contributed by atoms with E-state index in [9.17, 15) is 9.59 Å². The first kappa shape index (κ1) is 17.7.